The Labute approximate surface area is 114 Å². The summed E-state index contributed by atoms with van der Waals surface area (Å²) in [5.41, 5.74) is 0.605. The van der Waals surface area contributed by atoms with Gasteiger partial charge in [-0.05, 0) is 19.1 Å². The van der Waals surface area contributed by atoms with Crippen molar-refractivity contribution in [2.24, 2.45) is 0 Å². The van der Waals surface area contributed by atoms with Gasteiger partial charge in [0.15, 0.2) is 0 Å². The van der Waals surface area contributed by atoms with Crippen molar-refractivity contribution in [1.29, 1.82) is 0 Å². The highest BCUT2D eigenvalue weighted by Gasteiger charge is 2.48. The van der Waals surface area contributed by atoms with Crippen molar-refractivity contribution < 1.29 is 18.5 Å². The summed E-state index contributed by atoms with van der Waals surface area (Å²) in [5.74, 6) is -1.21. The zero-order chi connectivity index (χ0) is 14.0. The van der Waals surface area contributed by atoms with Gasteiger partial charge in [-0.3, -0.25) is 13.8 Å². The molecule has 1 fully saturated rings. The summed E-state index contributed by atoms with van der Waals surface area (Å²) in [4.78, 5) is 24.1. The molecule has 0 aliphatic carbocycles. The van der Waals surface area contributed by atoms with Crippen molar-refractivity contribution in [3.05, 3.63) is 30.3 Å². The van der Waals surface area contributed by atoms with Crippen molar-refractivity contribution in [2.45, 2.75) is 11.9 Å². The Kier molecular flexibility index (Phi) is 3.82. The summed E-state index contributed by atoms with van der Waals surface area (Å²) in [7, 11) is 0.0416. The number of carbonyl (C=O) groups excluding carboxylic acids is 2. The number of anilines is 1. The molecule has 0 bridgehead atoms. The first-order valence-electron chi connectivity index (χ1n) is 5.87. The normalized spacial score (nSPS) is 26.1. The monoisotopic (exact) mass is 281 g/mol. The maximum atomic E-state index is 12.2. The summed E-state index contributed by atoms with van der Waals surface area (Å²) in [6.45, 7) is 1.65. The molecule has 0 spiro atoms. The third-order valence-corrected chi connectivity index (χ3v) is 4.85. The maximum Gasteiger partial charge on any atom is 0.298 e. The molecule has 1 aliphatic rings. The minimum Gasteiger partial charge on any atom is -0.353 e. The van der Waals surface area contributed by atoms with Gasteiger partial charge in [-0.1, -0.05) is 18.2 Å². The molecule has 1 amide bonds. The Hall–Kier alpha value is -1.53. The van der Waals surface area contributed by atoms with Crippen molar-refractivity contribution in [2.75, 3.05) is 24.3 Å². The number of benzene rings is 1. The molecule has 1 saturated heterocycles. The Morgan fingerprint density at radius 1 is 1.32 bits per heavy atom. The van der Waals surface area contributed by atoms with Gasteiger partial charge in [-0.2, -0.15) is 0 Å². The van der Waals surface area contributed by atoms with Crippen LogP contribution in [0.2, 0.25) is 0 Å². The van der Waals surface area contributed by atoms with Crippen LogP contribution in [-0.2, 0) is 25.1 Å². The van der Waals surface area contributed by atoms with Gasteiger partial charge in [0.2, 0.25) is 4.93 Å². The molecule has 5 nitrogen and oxygen atoms in total. The molecule has 0 radical (unpaired) electrons. The van der Waals surface area contributed by atoms with Crippen molar-refractivity contribution in [3.8, 4) is 0 Å². The van der Waals surface area contributed by atoms with E-state index in [0.717, 1.165) is 0 Å². The molecule has 1 aromatic rings. The predicted octanol–water partition coefficient (Wildman–Crippen LogP) is 0.714. The van der Waals surface area contributed by atoms with Gasteiger partial charge < -0.3 is 9.64 Å². The number of hydrogen-bond donors (Lipinski definition) is 0. The second-order valence-electron chi connectivity index (χ2n) is 4.37. The summed E-state index contributed by atoms with van der Waals surface area (Å²) in [5, 5.41) is 0. The van der Waals surface area contributed by atoms with E-state index in [1.165, 1.54) is 18.9 Å². The average molecular weight is 281 g/mol. The third kappa shape index (κ3) is 2.46. The number of likely N-dealkylation sites (N-methyl/N-ethyl adjacent to an activating group) is 1. The summed E-state index contributed by atoms with van der Waals surface area (Å²) in [6, 6.07) is 8.81. The highest BCUT2D eigenvalue weighted by Crippen LogP contribution is 2.25. The summed E-state index contributed by atoms with van der Waals surface area (Å²) < 4.78 is 17.0. The van der Waals surface area contributed by atoms with E-state index in [2.05, 4.69) is 0 Å². The van der Waals surface area contributed by atoms with Crippen LogP contribution in [0.3, 0.4) is 0 Å². The van der Waals surface area contributed by atoms with Gasteiger partial charge in [0.1, 0.15) is 0 Å². The largest absolute Gasteiger partial charge is 0.353 e. The molecule has 1 heterocycles. The highest BCUT2D eigenvalue weighted by molar-refractivity contribution is 7.87. The zero-order valence-corrected chi connectivity index (χ0v) is 11.6. The zero-order valence-electron chi connectivity index (χ0n) is 10.8. The Bertz CT molecular complexity index is 531. The van der Waals surface area contributed by atoms with Crippen LogP contribution < -0.4 is 4.90 Å². The molecule has 1 aromatic carbocycles. The Balaban J connectivity index is 2.21. The second-order valence-corrected chi connectivity index (χ2v) is 6.25. The van der Waals surface area contributed by atoms with Gasteiger partial charge in [-0.25, -0.2) is 0 Å². The quantitative estimate of drug-likeness (QED) is 0.766. The van der Waals surface area contributed by atoms with Crippen molar-refractivity contribution in [1.82, 2.24) is 0 Å². The smallest absolute Gasteiger partial charge is 0.298 e. The third-order valence-electron chi connectivity index (χ3n) is 3.14. The topological polar surface area (TPSA) is 63.7 Å². The molecular weight excluding hydrogens is 266 g/mol. The molecule has 102 valence electrons. The van der Waals surface area contributed by atoms with Crippen LogP contribution in [0.5, 0.6) is 0 Å². The van der Waals surface area contributed by atoms with E-state index >= 15 is 0 Å². The van der Waals surface area contributed by atoms with Gasteiger partial charge in [0, 0.05) is 12.7 Å². The van der Waals surface area contributed by atoms with Crippen LogP contribution >= 0.6 is 0 Å². The fourth-order valence-electron chi connectivity index (χ4n) is 1.86. The van der Waals surface area contributed by atoms with Crippen LogP contribution in [0.4, 0.5) is 5.69 Å². The minimum atomic E-state index is -1.51. The van der Waals surface area contributed by atoms with Crippen LogP contribution in [-0.4, -0.2) is 40.2 Å². The van der Waals surface area contributed by atoms with E-state index in [9.17, 15) is 13.8 Å². The van der Waals surface area contributed by atoms with E-state index in [1.54, 1.807) is 24.3 Å². The molecule has 0 aromatic heterocycles. The maximum absolute atomic E-state index is 12.2. The molecule has 19 heavy (non-hydrogen) atoms. The standard InChI is InChI=1S/C13H15NO4S/c1-13(18-8-9-19(13)17)11(15)12(16)14(2)10-6-4-3-5-7-10/h3-7H,8-9H2,1-2H3/t13-,19+/m0/s1. The summed E-state index contributed by atoms with van der Waals surface area (Å²) in [6.07, 6.45) is 0. The van der Waals surface area contributed by atoms with E-state index < -0.39 is 27.4 Å². The first-order valence-corrected chi connectivity index (χ1v) is 7.18. The van der Waals surface area contributed by atoms with Gasteiger partial charge in [0.25, 0.3) is 11.7 Å². The predicted molar refractivity (Wildman–Crippen MR) is 72.2 cm³/mol. The molecule has 0 N–H and O–H groups in total. The van der Waals surface area contributed by atoms with E-state index in [4.69, 9.17) is 4.74 Å². The SMILES string of the molecule is CN(C(=O)C(=O)[C@@]1(C)OCC[S@]1=O)c1ccccc1. The van der Waals surface area contributed by atoms with E-state index in [1.807, 2.05) is 6.07 Å². The lowest BCUT2D eigenvalue weighted by Gasteiger charge is -2.23. The number of nitrogens with zero attached hydrogens (tertiary/aromatic N) is 1. The Morgan fingerprint density at radius 2 is 1.95 bits per heavy atom. The van der Waals surface area contributed by atoms with Crippen molar-refractivity contribution in [3.63, 3.8) is 0 Å². The number of amides is 1. The number of hydrogen-bond acceptors (Lipinski definition) is 4. The molecule has 0 saturated carbocycles. The minimum absolute atomic E-state index is 0.233. The number of ketones is 1. The van der Waals surface area contributed by atoms with Crippen LogP contribution in [0.25, 0.3) is 0 Å². The van der Waals surface area contributed by atoms with Gasteiger partial charge in [0.05, 0.1) is 23.2 Å². The van der Waals surface area contributed by atoms with Crippen LogP contribution in [0.1, 0.15) is 6.92 Å². The van der Waals surface area contributed by atoms with Gasteiger partial charge in [-0.15, -0.1) is 0 Å². The lowest BCUT2D eigenvalue weighted by Crippen LogP contribution is -2.48. The molecule has 2 atom stereocenters. The molecule has 0 unspecified atom stereocenters. The molecule has 2 rings (SSSR count). The van der Waals surface area contributed by atoms with Crippen molar-refractivity contribution >= 4 is 28.2 Å². The first kappa shape index (κ1) is 13.9. The van der Waals surface area contributed by atoms with Crippen LogP contribution in [0.15, 0.2) is 30.3 Å². The van der Waals surface area contributed by atoms with E-state index in [0.29, 0.717) is 5.69 Å². The number of para-hydroxylation sites is 1. The summed E-state index contributed by atoms with van der Waals surface area (Å²) >= 11 is 0. The average Bonchev–Trinajstić information content (AvgIpc) is 2.78. The molecular formula is C13H15NO4S. The number of Topliss-reactive ketones (excluding diaryl/α,β-unsaturated/α-hetero) is 1. The second kappa shape index (κ2) is 5.22. The number of carbonyl (C=O) groups is 2. The number of ether oxygens (including phenoxy) is 1. The highest BCUT2D eigenvalue weighted by atomic mass is 32.2. The number of rotatable bonds is 3. The fourth-order valence-corrected chi connectivity index (χ4v) is 2.99. The lowest BCUT2D eigenvalue weighted by atomic mass is 10.2. The molecule has 1 aliphatic heterocycles. The fraction of sp³-hybridized carbons (Fsp3) is 0.385. The van der Waals surface area contributed by atoms with Crippen LogP contribution in [0, 0.1) is 0 Å². The van der Waals surface area contributed by atoms with Gasteiger partial charge >= 0.3 is 0 Å². The van der Waals surface area contributed by atoms with E-state index in [-0.39, 0.29) is 12.4 Å². The Morgan fingerprint density at radius 3 is 2.47 bits per heavy atom. The molecule has 6 heteroatoms. The lowest BCUT2D eigenvalue weighted by molar-refractivity contribution is -0.143. The first-order chi connectivity index (χ1) is 8.97.